The first-order chi connectivity index (χ1) is 11.8. The molecule has 0 fully saturated rings. The number of para-hydroxylation sites is 1. The van der Waals surface area contributed by atoms with Crippen molar-refractivity contribution < 1.29 is 14.3 Å². The van der Waals surface area contributed by atoms with Gasteiger partial charge in [0.15, 0.2) is 16.4 Å². The molecule has 1 heterocycles. The van der Waals surface area contributed by atoms with Crippen LogP contribution in [0.25, 0.3) is 0 Å². The van der Waals surface area contributed by atoms with Gasteiger partial charge in [0.1, 0.15) is 10.9 Å². The fourth-order valence-corrected chi connectivity index (χ4v) is 5.00. The zero-order chi connectivity index (χ0) is 16.5. The molecular weight excluding hydrogens is 320 g/mol. The van der Waals surface area contributed by atoms with Crippen LogP contribution < -0.4 is 4.74 Å². The van der Waals surface area contributed by atoms with E-state index in [9.17, 15) is 4.79 Å². The van der Waals surface area contributed by atoms with Crippen molar-refractivity contribution in [1.82, 2.24) is 0 Å². The standard InChI is InChI=1S/C20H15O3S/c1-22-20(21)14-11-12-17-19(13-14)24(15-7-3-2-4-8-15)18-10-6-5-9-16(18)23-17/h2-13H,1H3/q+1. The second kappa shape index (κ2) is 6.06. The van der Waals surface area contributed by atoms with E-state index in [-0.39, 0.29) is 16.9 Å². The number of fused-ring (bicyclic) bond motifs is 2. The Morgan fingerprint density at radius 1 is 0.875 bits per heavy atom. The SMILES string of the molecule is COC(=O)c1ccc2c(c1)[S+](c1ccccc1)c1ccccc1O2. The fraction of sp³-hybridized carbons (Fsp3) is 0.0500. The number of carbonyl (C=O) groups excluding carboxylic acids is 1. The second-order valence-corrected chi connectivity index (χ2v) is 7.28. The van der Waals surface area contributed by atoms with Gasteiger partial charge in [0, 0.05) is 6.07 Å². The summed E-state index contributed by atoms with van der Waals surface area (Å²) in [6.07, 6.45) is 0. The average Bonchev–Trinajstić information content (AvgIpc) is 2.65. The third-order valence-corrected chi connectivity index (χ3v) is 6.13. The molecule has 0 saturated carbocycles. The molecule has 4 rings (SSSR count). The lowest BCUT2D eigenvalue weighted by Crippen LogP contribution is -2.13. The highest BCUT2D eigenvalue weighted by molar-refractivity contribution is 7.97. The largest absolute Gasteiger partial charge is 0.465 e. The van der Waals surface area contributed by atoms with Crippen LogP contribution in [-0.4, -0.2) is 13.1 Å². The van der Waals surface area contributed by atoms with Crippen LogP contribution in [0.5, 0.6) is 11.5 Å². The molecule has 0 aromatic heterocycles. The summed E-state index contributed by atoms with van der Waals surface area (Å²) in [5.74, 6) is 1.31. The highest BCUT2D eigenvalue weighted by Gasteiger charge is 2.39. The Morgan fingerprint density at radius 3 is 2.38 bits per heavy atom. The molecule has 0 aliphatic carbocycles. The van der Waals surface area contributed by atoms with Crippen LogP contribution in [0.1, 0.15) is 10.4 Å². The van der Waals surface area contributed by atoms with Gasteiger partial charge in [-0.1, -0.05) is 30.3 Å². The first-order valence-electron chi connectivity index (χ1n) is 7.56. The molecular formula is C20H15O3S+. The van der Waals surface area contributed by atoms with Gasteiger partial charge in [-0.2, -0.15) is 0 Å². The first-order valence-corrected chi connectivity index (χ1v) is 8.79. The summed E-state index contributed by atoms with van der Waals surface area (Å²) < 4.78 is 10.9. The zero-order valence-electron chi connectivity index (χ0n) is 13.1. The van der Waals surface area contributed by atoms with E-state index in [0.29, 0.717) is 5.56 Å². The Morgan fingerprint density at radius 2 is 1.58 bits per heavy atom. The van der Waals surface area contributed by atoms with Gasteiger partial charge in [-0.15, -0.1) is 0 Å². The van der Waals surface area contributed by atoms with Gasteiger partial charge < -0.3 is 9.47 Å². The molecule has 0 spiro atoms. The van der Waals surface area contributed by atoms with Crippen LogP contribution in [0.15, 0.2) is 87.5 Å². The number of rotatable bonds is 2. The Hall–Kier alpha value is -2.72. The zero-order valence-corrected chi connectivity index (χ0v) is 13.9. The topological polar surface area (TPSA) is 35.5 Å². The number of benzene rings is 3. The predicted octanol–water partition coefficient (Wildman–Crippen LogP) is 4.67. The monoisotopic (exact) mass is 335 g/mol. The van der Waals surface area contributed by atoms with Crippen molar-refractivity contribution >= 4 is 16.9 Å². The van der Waals surface area contributed by atoms with Crippen LogP contribution in [0.4, 0.5) is 0 Å². The minimum atomic E-state index is -0.340. The Balaban J connectivity index is 1.93. The van der Waals surface area contributed by atoms with Crippen LogP contribution in [0.3, 0.4) is 0 Å². The highest BCUT2D eigenvalue weighted by atomic mass is 32.2. The van der Waals surface area contributed by atoms with E-state index in [2.05, 4.69) is 18.2 Å². The van der Waals surface area contributed by atoms with Crippen LogP contribution in [-0.2, 0) is 15.6 Å². The molecule has 0 saturated heterocycles. The summed E-state index contributed by atoms with van der Waals surface area (Å²) >= 11 is 0. The molecule has 24 heavy (non-hydrogen) atoms. The average molecular weight is 335 g/mol. The van der Waals surface area contributed by atoms with Crippen molar-refractivity contribution in [3.8, 4) is 11.5 Å². The van der Waals surface area contributed by atoms with E-state index in [1.54, 1.807) is 6.07 Å². The number of carbonyl (C=O) groups is 1. The Labute approximate surface area is 143 Å². The lowest BCUT2D eigenvalue weighted by molar-refractivity contribution is 0.0600. The van der Waals surface area contributed by atoms with Crippen molar-refractivity contribution in [2.45, 2.75) is 14.7 Å². The molecule has 0 radical (unpaired) electrons. The van der Waals surface area contributed by atoms with Gasteiger partial charge in [0.05, 0.1) is 12.7 Å². The number of hydrogen-bond acceptors (Lipinski definition) is 3. The van der Waals surface area contributed by atoms with Gasteiger partial charge in [-0.3, -0.25) is 0 Å². The molecule has 4 heteroatoms. The van der Waals surface area contributed by atoms with E-state index in [1.807, 2.05) is 48.5 Å². The van der Waals surface area contributed by atoms with Crippen molar-refractivity contribution in [3.63, 3.8) is 0 Å². The Bertz CT molecular complexity index is 906. The maximum atomic E-state index is 11.9. The molecule has 3 nitrogen and oxygen atoms in total. The molecule has 0 bridgehead atoms. The van der Waals surface area contributed by atoms with E-state index in [1.165, 1.54) is 12.0 Å². The lowest BCUT2D eigenvalue weighted by atomic mass is 10.2. The summed E-state index contributed by atoms with van der Waals surface area (Å²) in [6.45, 7) is 0. The summed E-state index contributed by atoms with van der Waals surface area (Å²) in [5.41, 5.74) is 0.535. The first kappa shape index (κ1) is 14.8. The number of methoxy groups -OCH3 is 1. The lowest BCUT2D eigenvalue weighted by Gasteiger charge is -2.20. The van der Waals surface area contributed by atoms with Crippen molar-refractivity contribution in [2.24, 2.45) is 0 Å². The number of ether oxygens (including phenoxy) is 2. The van der Waals surface area contributed by atoms with Gasteiger partial charge >= 0.3 is 5.97 Å². The summed E-state index contributed by atoms with van der Waals surface area (Å²) in [7, 11) is 1.07. The fourth-order valence-electron chi connectivity index (χ4n) is 2.75. The smallest absolute Gasteiger partial charge is 0.338 e. The predicted molar refractivity (Wildman–Crippen MR) is 92.9 cm³/mol. The summed E-state index contributed by atoms with van der Waals surface area (Å²) in [6, 6.07) is 23.8. The third kappa shape index (κ3) is 2.45. The van der Waals surface area contributed by atoms with Crippen LogP contribution in [0, 0.1) is 0 Å². The molecule has 1 unspecified atom stereocenters. The Kier molecular flexibility index (Phi) is 3.75. The molecule has 1 aliphatic heterocycles. The van der Waals surface area contributed by atoms with Crippen molar-refractivity contribution in [1.29, 1.82) is 0 Å². The van der Waals surface area contributed by atoms with Crippen molar-refractivity contribution in [3.05, 3.63) is 78.4 Å². The minimum Gasteiger partial charge on any atom is -0.465 e. The van der Waals surface area contributed by atoms with Gasteiger partial charge in [0.25, 0.3) is 0 Å². The van der Waals surface area contributed by atoms with E-state index < -0.39 is 0 Å². The maximum Gasteiger partial charge on any atom is 0.338 e. The quantitative estimate of drug-likeness (QED) is 0.394. The molecule has 3 aromatic carbocycles. The number of esters is 1. The maximum absolute atomic E-state index is 11.9. The van der Waals surface area contributed by atoms with E-state index >= 15 is 0 Å². The van der Waals surface area contributed by atoms with Gasteiger partial charge in [-0.05, 0) is 36.4 Å². The highest BCUT2D eigenvalue weighted by Crippen LogP contribution is 2.47. The normalized spacial score (nSPS) is 15.0. The molecule has 1 atom stereocenters. The van der Waals surface area contributed by atoms with Crippen LogP contribution >= 0.6 is 0 Å². The molecule has 1 aliphatic rings. The van der Waals surface area contributed by atoms with E-state index in [4.69, 9.17) is 9.47 Å². The van der Waals surface area contributed by atoms with Crippen molar-refractivity contribution in [2.75, 3.05) is 7.11 Å². The molecule has 0 N–H and O–H groups in total. The molecule has 118 valence electrons. The van der Waals surface area contributed by atoms with E-state index in [0.717, 1.165) is 21.3 Å². The minimum absolute atomic E-state index is 0.319. The molecule has 0 amide bonds. The summed E-state index contributed by atoms with van der Waals surface area (Å²) in [4.78, 5) is 15.2. The van der Waals surface area contributed by atoms with Gasteiger partial charge in [0.2, 0.25) is 9.79 Å². The second-order valence-electron chi connectivity index (χ2n) is 5.32. The van der Waals surface area contributed by atoms with Gasteiger partial charge in [-0.25, -0.2) is 4.79 Å². The molecule has 3 aromatic rings. The summed E-state index contributed by atoms with van der Waals surface area (Å²) in [5, 5.41) is 0. The number of hydrogen-bond donors (Lipinski definition) is 0. The van der Waals surface area contributed by atoms with Crippen LogP contribution in [0.2, 0.25) is 0 Å². The third-order valence-electron chi connectivity index (χ3n) is 3.85.